The fourth-order valence-corrected chi connectivity index (χ4v) is 2.11. The Morgan fingerprint density at radius 3 is 2.94 bits per heavy atom. The zero-order valence-corrected chi connectivity index (χ0v) is 10.2. The molecular weight excluding hydrogens is 228 g/mol. The number of nitrogens with two attached hydrogens (primary N) is 1. The van der Waals surface area contributed by atoms with Gasteiger partial charge in [-0.1, -0.05) is 0 Å². The van der Waals surface area contributed by atoms with Crippen LogP contribution in [0.15, 0.2) is 12.3 Å². The zero-order chi connectivity index (χ0) is 12.1. The van der Waals surface area contributed by atoms with Crippen LogP contribution in [0.4, 0.5) is 5.82 Å². The number of carbonyl (C=O) groups excluding carboxylic acids is 1. The molecule has 0 saturated heterocycles. The van der Waals surface area contributed by atoms with Crippen LogP contribution < -0.4 is 11.1 Å². The van der Waals surface area contributed by atoms with Gasteiger partial charge in [0.25, 0.3) is 0 Å². The highest BCUT2D eigenvalue weighted by Crippen LogP contribution is 1.95. The summed E-state index contributed by atoms with van der Waals surface area (Å²) < 4.78 is 12.4. The number of hydrogen-bond acceptors (Lipinski definition) is 4. The molecule has 1 amide bonds. The molecule has 0 saturated carbocycles. The van der Waals surface area contributed by atoms with E-state index in [1.165, 1.54) is 4.68 Å². The number of anilines is 1. The van der Waals surface area contributed by atoms with Gasteiger partial charge in [-0.15, -0.1) is 0 Å². The van der Waals surface area contributed by atoms with E-state index in [1.807, 2.05) is 6.92 Å². The van der Waals surface area contributed by atoms with Gasteiger partial charge in [0.15, 0.2) is 0 Å². The minimum absolute atomic E-state index is 0.105. The van der Waals surface area contributed by atoms with Crippen LogP contribution in [0, 0.1) is 0 Å². The fraction of sp³-hybridized carbons (Fsp3) is 0.556. The van der Waals surface area contributed by atoms with Crippen molar-refractivity contribution in [2.24, 2.45) is 0 Å². The number of amides is 1. The van der Waals surface area contributed by atoms with Crippen molar-refractivity contribution in [1.82, 2.24) is 15.1 Å². The summed E-state index contributed by atoms with van der Waals surface area (Å²) in [5, 5.41) is 6.63. The number of rotatable bonds is 5. The number of aromatic nitrogens is 2. The third-order valence-electron chi connectivity index (χ3n) is 1.86. The van der Waals surface area contributed by atoms with Gasteiger partial charge in [-0.3, -0.25) is 13.7 Å². The van der Waals surface area contributed by atoms with Crippen LogP contribution in [0.1, 0.15) is 6.92 Å². The molecule has 0 bridgehead atoms. The van der Waals surface area contributed by atoms with Gasteiger partial charge in [0.2, 0.25) is 5.91 Å². The summed E-state index contributed by atoms with van der Waals surface area (Å²) in [4.78, 5) is 11.5. The van der Waals surface area contributed by atoms with Crippen LogP contribution in [-0.4, -0.2) is 37.9 Å². The zero-order valence-electron chi connectivity index (χ0n) is 9.34. The van der Waals surface area contributed by atoms with E-state index in [0.717, 1.165) is 0 Å². The van der Waals surface area contributed by atoms with Crippen molar-refractivity contribution < 1.29 is 9.00 Å². The predicted octanol–water partition coefficient (Wildman–Crippen LogP) is -0.651. The predicted molar refractivity (Wildman–Crippen MR) is 63.2 cm³/mol. The van der Waals surface area contributed by atoms with Crippen molar-refractivity contribution in [3.63, 3.8) is 0 Å². The second-order valence-corrected chi connectivity index (χ2v) is 5.13. The molecule has 1 heterocycles. The minimum atomic E-state index is -0.912. The monoisotopic (exact) mass is 244 g/mol. The Labute approximate surface area is 96.7 Å². The molecule has 0 aromatic carbocycles. The van der Waals surface area contributed by atoms with Crippen LogP contribution in [0.2, 0.25) is 0 Å². The average Bonchev–Trinajstić information content (AvgIpc) is 2.48. The highest BCUT2D eigenvalue weighted by molar-refractivity contribution is 7.84. The number of hydrogen-bond donors (Lipinski definition) is 2. The van der Waals surface area contributed by atoms with Crippen LogP contribution in [0.3, 0.4) is 0 Å². The second kappa shape index (κ2) is 5.64. The van der Waals surface area contributed by atoms with E-state index in [2.05, 4.69) is 10.4 Å². The summed E-state index contributed by atoms with van der Waals surface area (Å²) in [6.07, 6.45) is 3.24. The quantitative estimate of drug-likeness (QED) is 0.720. The van der Waals surface area contributed by atoms with E-state index in [4.69, 9.17) is 5.73 Å². The van der Waals surface area contributed by atoms with Crippen molar-refractivity contribution in [1.29, 1.82) is 0 Å². The van der Waals surface area contributed by atoms with E-state index in [0.29, 0.717) is 11.6 Å². The lowest BCUT2D eigenvalue weighted by Crippen LogP contribution is -2.38. The Balaban J connectivity index is 2.38. The first-order valence-corrected chi connectivity index (χ1v) is 6.58. The third kappa shape index (κ3) is 4.43. The van der Waals surface area contributed by atoms with Gasteiger partial charge >= 0.3 is 0 Å². The number of nitrogens with one attached hydrogen (secondary N) is 1. The molecule has 90 valence electrons. The van der Waals surface area contributed by atoms with Crippen molar-refractivity contribution in [3.05, 3.63) is 12.3 Å². The Morgan fingerprint density at radius 2 is 2.44 bits per heavy atom. The van der Waals surface area contributed by atoms with Crippen molar-refractivity contribution in [2.45, 2.75) is 19.5 Å². The summed E-state index contributed by atoms with van der Waals surface area (Å²) in [7, 11) is -0.912. The Morgan fingerprint density at radius 1 is 1.75 bits per heavy atom. The van der Waals surface area contributed by atoms with E-state index < -0.39 is 10.8 Å². The smallest absolute Gasteiger partial charge is 0.241 e. The van der Waals surface area contributed by atoms with Crippen LogP contribution in [-0.2, 0) is 22.1 Å². The minimum Gasteiger partial charge on any atom is -0.382 e. The summed E-state index contributed by atoms with van der Waals surface area (Å²) in [6.45, 7) is 1.94. The molecule has 6 nitrogen and oxygen atoms in total. The van der Waals surface area contributed by atoms with Gasteiger partial charge in [-0.2, -0.15) is 5.10 Å². The van der Waals surface area contributed by atoms with E-state index in [9.17, 15) is 9.00 Å². The standard InChI is InChI=1S/C9H16N4O2S/c1-7(6-16(2)15)11-9(14)5-13-4-3-8(10)12-13/h3-4,7H,5-6H2,1-2H3,(H2,10,12)(H,11,14). The molecule has 0 radical (unpaired) electrons. The molecule has 7 heteroatoms. The lowest BCUT2D eigenvalue weighted by Gasteiger charge is -2.12. The average molecular weight is 244 g/mol. The summed E-state index contributed by atoms with van der Waals surface area (Å²) in [5.74, 6) is 0.670. The lowest BCUT2D eigenvalue weighted by molar-refractivity contribution is -0.122. The summed E-state index contributed by atoms with van der Waals surface area (Å²) in [6, 6.07) is 1.52. The second-order valence-electron chi connectivity index (χ2n) is 3.65. The molecule has 2 atom stereocenters. The molecule has 0 aliphatic carbocycles. The molecule has 16 heavy (non-hydrogen) atoms. The normalized spacial score (nSPS) is 14.4. The SMILES string of the molecule is CC(CS(C)=O)NC(=O)Cn1ccc(N)n1. The molecule has 3 N–H and O–H groups in total. The molecule has 0 spiro atoms. The fourth-order valence-electron chi connectivity index (χ4n) is 1.33. The Kier molecular flexibility index (Phi) is 4.48. The maximum absolute atomic E-state index is 11.5. The number of nitrogen functional groups attached to an aromatic ring is 1. The van der Waals surface area contributed by atoms with E-state index in [1.54, 1.807) is 18.5 Å². The van der Waals surface area contributed by atoms with Crippen LogP contribution in [0.25, 0.3) is 0 Å². The topological polar surface area (TPSA) is 90.0 Å². The third-order valence-corrected chi connectivity index (χ3v) is 2.83. The van der Waals surface area contributed by atoms with Crippen molar-refractivity contribution in [3.8, 4) is 0 Å². The van der Waals surface area contributed by atoms with Gasteiger partial charge < -0.3 is 11.1 Å². The molecule has 0 fully saturated rings. The van der Waals surface area contributed by atoms with E-state index >= 15 is 0 Å². The maximum Gasteiger partial charge on any atom is 0.241 e. The van der Waals surface area contributed by atoms with E-state index in [-0.39, 0.29) is 18.5 Å². The number of carbonyl (C=O) groups is 1. The first kappa shape index (κ1) is 12.7. The number of nitrogens with zero attached hydrogens (tertiary/aromatic N) is 2. The Bertz CT molecular complexity index is 391. The highest BCUT2D eigenvalue weighted by Gasteiger charge is 2.09. The molecule has 2 unspecified atom stereocenters. The van der Waals surface area contributed by atoms with Gasteiger partial charge in [-0.25, -0.2) is 0 Å². The molecular formula is C9H16N4O2S. The van der Waals surface area contributed by atoms with Crippen LogP contribution >= 0.6 is 0 Å². The van der Waals surface area contributed by atoms with Gasteiger partial charge in [-0.05, 0) is 13.0 Å². The van der Waals surface area contributed by atoms with Gasteiger partial charge in [0, 0.05) is 35.0 Å². The molecule has 1 rings (SSSR count). The van der Waals surface area contributed by atoms with Crippen LogP contribution in [0.5, 0.6) is 0 Å². The lowest BCUT2D eigenvalue weighted by atomic mass is 10.4. The highest BCUT2D eigenvalue weighted by atomic mass is 32.2. The summed E-state index contributed by atoms with van der Waals surface area (Å²) in [5.41, 5.74) is 5.42. The van der Waals surface area contributed by atoms with Gasteiger partial charge in [0.1, 0.15) is 12.4 Å². The van der Waals surface area contributed by atoms with Gasteiger partial charge in [0.05, 0.1) is 0 Å². The largest absolute Gasteiger partial charge is 0.382 e. The molecule has 1 aromatic heterocycles. The maximum atomic E-state index is 11.5. The van der Waals surface area contributed by atoms with Crippen molar-refractivity contribution >= 4 is 22.5 Å². The Hall–Kier alpha value is -1.37. The summed E-state index contributed by atoms with van der Waals surface area (Å²) >= 11 is 0. The van der Waals surface area contributed by atoms with Crippen molar-refractivity contribution in [2.75, 3.05) is 17.7 Å². The first-order valence-electron chi connectivity index (χ1n) is 4.85. The molecule has 0 aliphatic rings. The molecule has 1 aromatic rings. The first-order chi connectivity index (χ1) is 7.47. The molecule has 0 aliphatic heterocycles.